The highest BCUT2D eigenvalue weighted by molar-refractivity contribution is 6.09. The molecule has 7 heteroatoms. The molecule has 28 heavy (non-hydrogen) atoms. The summed E-state index contributed by atoms with van der Waals surface area (Å²) in [6.45, 7) is 3.78. The molecule has 0 saturated carbocycles. The molecule has 2 heterocycles. The Bertz CT molecular complexity index is 882. The quantitative estimate of drug-likeness (QED) is 0.776. The first-order valence-corrected chi connectivity index (χ1v) is 9.16. The molecule has 4 amide bonds. The van der Waals surface area contributed by atoms with Gasteiger partial charge in [0.15, 0.2) is 0 Å². The minimum atomic E-state index is -1.17. The van der Waals surface area contributed by atoms with Gasteiger partial charge in [-0.15, -0.1) is 0 Å². The minimum Gasteiger partial charge on any atom is -0.344 e. The third kappa shape index (κ3) is 3.88. The van der Waals surface area contributed by atoms with Gasteiger partial charge in [-0.25, -0.2) is 4.79 Å². The highest BCUT2D eigenvalue weighted by Gasteiger charge is 2.49. The van der Waals surface area contributed by atoms with E-state index in [1.54, 1.807) is 20.2 Å². The number of urea groups is 1. The van der Waals surface area contributed by atoms with Gasteiger partial charge in [0, 0.05) is 31.9 Å². The van der Waals surface area contributed by atoms with Crippen molar-refractivity contribution in [1.29, 1.82) is 0 Å². The maximum atomic E-state index is 12.9. The molecular weight excluding hydrogens is 356 g/mol. The van der Waals surface area contributed by atoms with E-state index in [0.717, 1.165) is 16.2 Å². The average Bonchev–Trinajstić information content (AvgIpc) is 2.91. The summed E-state index contributed by atoms with van der Waals surface area (Å²) in [6, 6.07) is 12.5. The summed E-state index contributed by atoms with van der Waals surface area (Å²) < 4.78 is 0. The predicted molar refractivity (Wildman–Crippen MR) is 104 cm³/mol. The summed E-state index contributed by atoms with van der Waals surface area (Å²) >= 11 is 0. The second-order valence-electron chi connectivity index (χ2n) is 7.20. The van der Waals surface area contributed by atoms with Gasteiger partial charge in [0.1, 0.15) is 12.1 Å². The molecule has 1 N–H and O–H groups in total. The van der Waals surface area contributed by atoms with E-state index in [4.69, 9.17) is 0 Å². The van der Waals surface area contributed by atoms with Gasteiger partial charge in [0.2, 0.25) is 5.91 Å². The zero-order valence-corrected chi connectivity index (χ0v) is 16.3. The van der Waals surface area contributed by atoms with Gasteiger partial charge in [0.25, 0.3) is 5.91 Å². The monoisotopic (exact) mass is 380 g/mol. The Morgan fingerprint density at radius 3 is 2.54 bits per heavy atom. The molecule has 1 fully saturated rings. The van der Waals surface area contributed by atoms with E-state index >= 15 is 0 Å². The molecule has 1 aromatic carbocycles. The van der Waals surface area contributed by atoms with E-state index < -0.39 is 17.5 Å². The maximum absolute atomic E-state index is 12.9. The molecule has 1 aliphatic rings. The van der Waals surface area contributed by atoms with Crippen molar-refractivity contribution < 1.29 is 14.4 Å². The number of benzene rings is 1. The zero-order valence-electron chi connectivity index (χ0n) is 16.3. The van der Waals surface area contributed by atoms with Gasteiger partial charge in [-0.1, -0.05) is 35.9 Å². The van der Waals surface area contributed by atoms with Crippen molar-refractivity contribution in [2.45, 2.75) is 25.8 Å². The SMILES string of the molecule is Cc1ccc(C2(C)NC(=O)N(CC(=O)N(C)CCc3ccccn3)C2=O)cc1. The van der Waals surface area contributed by atoms with Crippen LogP contribution in [0.15, 0.2) is 48.7 Å². The summed E-state index contributed by atoms with van der Waals surface area (Å²) in [6.07, 6.45) is 2.31. The Labute approximate surface area is 164 Å². The molecule has 3 rings (SSSR count). The van der Waals surface area contributed by atoms with Crippen molar-refractivity contribution in [3.05, 3.63) is 65.5 Å². The van der Waals surface area contributed by atoms with Crippen LogP contribution in [0.3, 0.4) is 0 Å². The van der Waals surface area contributed by atoms with Crippen molar-refractivity contribution in [3.63, 3.8) is 0 Å². The van der Waals surface area contributed by atoms with E-state index in [1.807, 2.05) is 49.4 Å². The van der Waals surface area contributed by atoms with Crippen molar-refractivity contribution in [2.75, 3.05) is 20.1 Å². The predicted octanol–water partition coefficient (Wildman–Crippen LogP) is 1.86. The number of hydrogen-bond donors (Lipinski definition) is 1. The van der Waals surface area contributed by atoms with Gasteiger partial charge in [-0.3, -0.25) is 19.5 Å². The molecule has 7 nitrogen and oxygen atoms in total. The van der Waals surface area contributed by atoms with Crippen LogP contribution in [0.2, 0.25) is 0 Å². The Balaban J connectivity index is 1.65. The van der Waals surface area contributed by atoms with Gasteiger partial charge in [0.05, 0.1) is 0 Å². The number of likely N-dealkylation sites (N-methyl/N-ethyl adjacent to an activating group) is 1. The van der Waals surface area contributed by atoms with Crippen LogP contribution >= 0.6 is 0 Å². The first kappa shape index (κ1) is 19.5. The molecule has 1 aliphatic heterocycles. The molecular formula is C21H24N4O3. The summed E-state index contributed by atoms with van der Waals surface area (Å²) in [4.78, 5) is 44.6. The third-order valence-electron chi connectivity index (χ3n) is 5.05. The number of rotatable bonds is 6. The molecule has 0 spiro atoms. The molecule has 0 bridgehead atoms. The van der Waals surface area contributed by atoms with Crippen molar-refractivity contribution in [1.82, 2.24) is 20.1 Å². The molecule has 0 aliphatic carbocycles. The van der Waals surface area contributed by atoms with Gasteiger partial charge in [-0.05, 0) is 31.5 Å². The fraction of sp³-hybridized carbons (Fsp3) is 0.333. The molecule has 1 atom stereocenters. The van der Waals surface area contributed by atoms with Crippen LogP contribution in [0.25, 0.3) is 0 Å². The maximum Gasteiger partial charge on any atom is 0.325 e. The van der Waals surface area contributed by atoms with E-state index in [-0.39, 0.29) is 12.5 Å². The zero-order chi connectivity index (χ0) is 20.3. The minimum absolute atomic E-state index is 0.287. The number of nitrogens with zero attached hydrogens (tertiary/aromatic N) is 3. The molecule has 1 saturated heterocycles. The number of imide groups is 1. The second-order valence-corrected chi connectivity index (χ2v) is 7.20. The van der Waals surface area contributed by atoms with E-state index in [0.29, 0.717) is 18.5 Å². The lowest BCUT2D eigenvalue weighted by atomic mass is 9.91. The van der Waals surface area contributed by atoms with E-state index in [2.05, 4.69) is 10.3 Å². The lowest BCUT2D eigenvalue weighted by Crippen LogP contribution is -2.44. The Morgan fingerprint density at radius 2 is 1.89 bits per heavy atom. The van der Waals surface area contributed by atoms with Crippen molar-refractivity contribution in [2.24, 2.45) is 0 Å². The number of aryl methyl sites for hydroxylation is 1. The van der Waals surface area contributed by atoms with Crippen LogP contribution in [0.4, 0.5) is 4.79 Å². The van der Waals surface area contributed by atoms with Gasteiger partial charge >= 0.3 is 6.03 Å². The standard InChI is InChI=1S/C21H24N4O3/c1-15-7-9-16(10-8-15)21(2)19(27)25(20(28)23-21)14-18(26)24(3)13-11-17-6-4-5-12-22-17/h4-10,12H,11,13-14H2,1-3H3,(H,23,28). The molecule has 1 aromatic heterocycles. The Kier molecular flexibility index (Phi) is 5.44. The first-order chi connectivity index (χ1) is 13.3. The molecule has 1 unspecified atom stereocenters. The number of nitrogens with one attached hydrogen (secondary N) is 1. The van der Waals surface area contributed by atoms with Gasteiger partial charge < -0.3 is 10.2 Å². The van der Waals surface area contributed by atoms with Crippen LogP contribution < -0.4 is 5.32 Å². The number of carbonyl (C=O) groups excluding carboxylic acids is 3. The van der Waals surface area contributed by atoms with Crippen LogP contribution in [-0.4, -0.2) is 52.8 Å². The number of carbonyl (C=O) groups is 3. The highest BCUT2D eigenvalue weighted by atomic mass is 16.2. The lowest BCUT2D eigenvalue weighted by Gasteiger charge is -2.23. The second kappa shape index (κ2) is 7.80. The van der Waals surface area contributed by atoms with Crippen LogP contribution in [0.5, 0.6) is 0 Å². The van der Waals surface area contributed by atoms with Crippen LogP contribution in [-0.2, 0) is 21.5 Å². The molecule has 0 radical (unpaired) electrons. The topological polar surface area (TPSA) is 82.6 Å². The fourth-order valence-corrected chi connectivity index (χ4v) is 3.13. The lowest BCUT2D eigenvalue weighted by molar-refractivity contribution is -0.138. The first-order valence-electron chi connectivity index (χ1n) is 9.16. The Hall–Kier alpha value is -3.22. The summed E-state index contributed by atoms with van der Waals surface area (Å²) in [5.74, 6) is -0.722. The van der Waals surface area contributed by atoms with E-state index in [1.165, 1.54) is 4.90 Å². The largest absolute Gasteiger partial charge is 0.344 e. The Morgan fingerprint density at radius 1 is 1.18 bits per heavy atom. The molecule has 2 aromatic rings. The number of aromatic nitrogens is 1. The third-order valence-corrected chi connectivity index (χ3v) is 5.05. The summed E-state index contributed by atoms with van der Waals surface area (Å²) in [5, 5.41) is 2.72. The van der Waals surface area contributed by atoms with Crippen LogP contribution in [0.1, 0.15) is 23.7 Å². The fourth-order valence-electron chi connectivity index (χ4n) is 3.13. The van der Waals surface area contributed by atoms with Crippen molar-refractivity contribution in [3.8, 4) is 0 Å². The normalized spacial score (nSPS) is 18.9. The number of pyridine rings is 1. The summed E-state index contributed by atoms with van der Waals surface area (Å²) in [5.41, 5.74) is 1.46. The van der Waals surface area contributed by atoms with Crippen molar-refractivity contribution >= 4 is 17.8 Å². The molecule has 146 valence electrons. The summed E-state index contributed by atoms with van der Waals surface area (Å²) in [7, 11) is 1.66. The smallest absolute Gasteiger partial charge is 0.325 e. The average molecular weight is 380 g/mol. The van der Waals surface area contributed by atoms with E-state index in [9.17, 15) is 14.4 Å². The van der Waals surface area contributed by atoms with Gasteiger partial charge in [-0.2, -0.15) is 0 Å². The number of hydrogen-bond acceptors (Lipinski definition) is 4. The highest BCUT2D eigenvalue weighted by Crippen LogP contribution is 2.28. The number of amides is 4. The van der Waals surface area contributed by atoms with Crippen LogP contribution in [0, 0.1) is 6.92 Å².